The maximum atomic E-state index is 14.2. The molecule has 0 bridgehead atoms. The minimum absolute atomic E-state index is 0.157. The van der Waals surface area contributed by atoms with Crippen LogP contribution in [0.2, 0.25) is 0 Å². The molecular formula is C14H16FN5S. The summed E-state index contributed by atoms with van der Waals surface area (Å²) < 4.78 is 15.9. The van der Waals surface area contributed by atoms with E-state index in [1.54, 1.807) is 22.6 Å². The predicted molar refractivity (Wildman–Crippen MR) is 80.5 cm³/mol. The summed E-state index contributed by atoms with van der Waals surface area (Å²) >= 11 is 1.72. The van der Waals surface area contributed by atoms with Gasteiger partial charge in [-0.05, 0) is 24.7 Å². The highest BCUT2D eigenvalue weighted by Gasteiger charge is 2.37. The molecule has 0 spiro atoms. The second-order valence-corrected chi connectivity index (χ2v) is 6.60. The van der Waals surface area contributed by atoms with Gasteiger partial charge in [0.2, 0.25) is 0 Å². The Morgan fingerprint density at radius 2 is 2.33 bits per heavy atom. The van der Waals surface area contributed by atoms with Crippen molar-refractivity contribution in [1.82, 2.24) is 20.0 Å². The SMILES string of the molecule is FC1(Cn2cc(N3C=CSC3c3cn[nH]c3)cn2)CCC1. The number of thioether (sulfide) groups is 1. The van der Waals surface area contributed by atoms with E-state index in [1.165, 1.54) is 0 Å². The van der Waals surface area contributed by atoms with Crippen LogP contribution in [-0.2, 0) is 6.54 Å². The van der Waals surface area contributed by atoms with E-state index in [2.05, 4.69) is 25.6 Å². The van der Waals surface area contributed by atoms with Crippen molar-refractivity contribution in [3.8, 4) is 0 Å². The Bertz CT molecular complexity index is 646. The first kappa shape index (κ1) is 12.9. The monoisotopic (exact) mass is 305 g/mol. The maximum Gasteiger partial charge on any atom is 0.130 e. The summed E-state index contributed by atoms with van der Waals surface area (Å²) in [5, 5.41) is 13.4. The molecule has 0 aromatic carbocycles. The number of rotatable bonds is 4. The van der Waals surface area contributed by atoms with E-state index in [0.29, 0.717) is 19.4 Å². The van der Waals surface area contributed by atoms with E-state index in [9.17, 15) is 4.39 Å². The van der Waals surface area contributed by atoms with Gasteiger partial charge in [-0.3, -0.25) is 9.78 Å². The molecule has 1 atom stereocenters. The lowest BCUT2D eigenvalue weighted by Gasteiger charge is -2.33. The summed E-state index contributed by atoms with van der Waals surface area (Å²) in [5.41, 5.74) is 1.03. The van der Waals surface area contributed by atoms with Crippen LogP contribution in [0, 0.1) is 0 Å². The minimum atomic E-state index is -1.05. The third-order valence-corrected chi connectivity index (χ3v) is 5.13. The number of anilines is 1. The van der Waals surface area contributed by atoms with Gasteiger partial charge in [-0.25, -0.2) is 4.39 Å². The molecule has 5 nitrogen and oxygen atoms in total. The van der Waals surface area contributed by atoms with Crippen molar-refractivity contribution in [3.05, 3.63) is 42.0 Å². The number of aromatic amines is 1. The van der Waals surface area contributed by atoms with Gasteiger partial charge in [0.25, 0.3) is 0 Å². The quantitative estimate of drug-likeness (QED) is 0.942. The number of H-pyrrole nitrogens is 1. The van der Waals surface area contributed by atoms with E-state index in [0.717, 1.165) is 17.7 Å². The number of alkyl halides is 1. The second-order valence-electron chi connectivity index (χ2n) is 5.61. The van der Waals surface area contributed by atoms with Gasteiger partial charge in [0.1, 0.15) is 11.0 Å². The van der Waals surface area contributed by atoms with E-state index in [-0.39, 0.29) is 5.37 Å². The van der Waals surface area contributed by atoms with E-state index in [4.69, 9.17) is 0 Å². The van der Waals surface area contributed by atoms with Crippen LogP contribution in [0.3, 0.4) is 0 Å². The van der Waals surface area contributed by atoms with Crippen LogP contribution in [0.25, 0.3) is 0 Å². The Morgan fingerprint density at radius 1 is 1.43 bits per heavy atom. The van der Waals surface area contributed by atoms with Crippen LogP contribution in [-0.4, -0.2) is 25.6 Å². The summed E-state index contributed by atoms with van der Waals surface area (Å²) in [6, 6.07) is 0. The molecule has 2 aliphatic rings. The number of halogens is 1. The topological polar surface area (TPSA) is 49.7 Å². The molecule has 21 heavy (non-hydrogen) atoms. The first-order valence-corrected chi connectivity index (χ1v) is 7.98. The van der Waals surface area contributed by atoms with Crippen molar-refractivity contribution in [1.29, 1.82) is 0 Å². The van der Waals surface area contributed by atoms with Crippen LogP contribution in [0.15, 0.2) is 36.4 Å². The van der Waals surface area contributed by atoms with Gasteiger partial charge in [-0.2, -0.15) is 10.2 Å². The standard InChI is InChI=1S/C14H16FN5S/c15-14(2-1-3-14)10-19-9-12(8-18-19)20-4-5-21-13(20)11-6-16-17-7-11/h4-9,13H,1-3,10H2,(H,16,17). The third kappa shape index (κ3) is 2.35. The highest BCUT2D eigenvalue weighted by atomic mass is 32.2. The molecule has 110 valence electrons. The first-order valence-electron chi connectivity index (χ1n) is 7.04. The molecule has 2 aromatic rings. The van der Waals surface area contributed by atoms with E-state index < -0.39 is 5.67 Å². The van der Waals surface area contributed by atoms with Crippen LogP contribution < -0.4 is 4.90 Å². The fraction of sp³-hybridized carbons (Fsp3) is 0.429. The van der Waals surface area contributed by atoms with Crippen LogP contribution in [0.1, 0.15) is 30.2 Å². The highest BCUT2D eigenvalue weighted by Crippen LogP contribution is 2.42. The average Bonchev–Trinajstić information content (AvgIpc) is 3.17. The van der Waals surface area contributed by atoms with Gasteiger partial charge in [-0.1, -0.05) is 0 Å². The Morgan fingerprint density at radius 3 is 3.05 bits per heavy atom. The number of hydrogen-bond donors (Lipinski definition) is 1. The Balaban J connectivity index is 1.53. The zero-order valence-corrected chi connectivity index (χ0v) is 12.3. The number of nitrogens with zero attached hydrogens (tertiary/aromatic N) is 4. The average molecular weight is 305 g/mol. The zero-order chi connectivity index (χ0) is 14.3. The molecule has 0 amide bonds. The normalized spacial score (nSPS) is 23.5. The molecule has 0 radical (unpaired) electrons. The molecular weight excluding hydrogens is 289 g/mol. The van der Waals surface area contributed by atoms with Gasteiger partial charge in [0.05, 0.1) is 24.6 Å². The predicted octanol–water partition coefficient (Wildman–Crippen LogP) is 3.22. The molecule has 1 saturated carbocycles. The summed E-state index contributed by atoms with van der Waals surface area (Å²) in [6.45, 7) is 0.355. The smallest absolute Gasteiger partial charge is 0.130 e. The fourth-order valence-electron chi connectivity index (χ4n) is 2.76. The molecule has 1 fully saturated rings. The van der Waals surface area contributed by atoms with Crippen molar-refractivity contribution >= 4 is 17.4 Å². The lowest BCUT2D eigenvalue weighted by Crippen LogP contribution is -2.36. The minimum Gasteiger partial charge on any atom is -0.328 e. The first-order chi connectivity index (χ1) is 10.2. The second kappa shape index (κ2) is 4.91. The summed E-state index contributed by atoms with van der Waals surface area (Å²) in [5.74, 6) is 0. The summed E-state index contributed by atoms with van der Waals surface area (Å²) in [7, 11) is 0. The Kier molecular flexibility index (Phi) is 3.02. The fourth-order valence-corrected chi connectivity index (χ4v) is 3.72. The summed E-state index contributed by atoms with van der Waals surface area (Å²) in [6.07, 6.45) is 11.8. The number of nitrogens with one attached hydrogen (secondary N) is 1. The highest BCUT2D eigenvalue weighted by molar-refractivity contribution is 8.02. The molecule has 1 aliphatic heterocycles. The third-order valence-electron chi connectivity index (χ3n) is 4.10. The molecule has 2 aromatic heterocycles. The van der Waals surface area contributed by atoms with Crippen molar-refractivity contribution in [2.45, 2.75) is 36.8 Å². The van der Waals surface area contributed by atoms with Gasteiger partial charge in [-0.15, -0.1) is 11.8 Å². The van der Waals surface area contributed by atoms with Crippen LogP contribution >= 0.6 is 11.8 Å². The van der Waals surface area contributed by atoms with Crippen LogP contribution in [0.4, 0.5) is 10.1 Å². The lowest BCUT2D eigenvalue weighted by molar-refractivity contribution is 0.0405. The number of aromatic nitrogens is 4. The van der Waals surface area contributed by atoms with E-state index in [1.807, 2.05) is 24.8 Å². The summed E-state index contributed by atoms with van der Waals surface area (Å²) in [4.78, 5) is 2.13. The Labute approximate surface area is 126 Å². The van der Waals surface area contributed by atoms with Gasteiger partial charge in [0, 0.05) is 24.2 Å². The molecule has 4 rings (SSSR count). The molecule has 1 N–H and O–H groups in total. The van der Waals surface area contributed by atoms with Crippen molar-refractivity contribution in [2.75, 3.05) is 4.90 Å². The lowest BCUT2D eigenvalue weighted by atomic mass is 9.82. The van der Waals surface area contributed by atoms with Gasteiger partial charge < -0.3 is 4.90 Å². The molecule has 0 saturated heterocycles. The Hall–Kier alpha value is -1.76. The number of hydrogen-bond acceptors (Lipinski definition) is 4. The van der Waals surface area contributed by atoms with Crippen molar-refractivity contribution < 1.29 is 4.39 Å². The van der Waals surface area contributed by atoms with Gasteiger partial charge >= 0.3 is 0 Å². The maximum absolute atomic E-state index is 14.2. The van der Waals surface area contributed by atoms with Gasteiger partial charge in [0.15, 0.2) is 0 Å². The molecule has 7 heteroatoms. The molecule has 1 unspecified atom stereocenters. The van der Waals surface area contributed by atoms with Crippen LogP contribution in [0.5, 0.6) is 0 Å². The molecule has 3 heterocycles. The molecule has 1 aliphatic carbocycles. The zero-order valence-electron chi connectivity index (χ0n) is 11.4. The largest absolute Gasteiger partial charge is 0.328 e. The van der Waals surface area contributed by atoms with E-state index >= 15 is 0 Å². The van der Waals surface area contributed by atoms with Crippen molar-refractivity contribution in [2.24, 2.45) is 0 Å². The van der Waals surface area contributed by atoms with Crippen molar-refractivity contribution in [3.63, 3.8) is 0 Å².